The molecule has 1 amide bonds. The average Bonchev–Trinajstić information content (AvgIpc) is 3.46. The van der Waals surface area contributed by atoms with Crippen molar-refractivity contribution in [1.29, 1.82) is 0 Å². The van der Waals surface area contributed by atoms with Gasteiger partial charge in [0, 0.05) is 44.2 Å². The molecule has 0 atom stereocenters. The molecule has 1 saturated heterocycles. The quantitative estimate of drug-likeness (QED) is 0.406. The van der Waals surface area contributed by atoms with E-state index in [-0.39, 0.29) is 30.8 Å². The Bertz CT molecular complexity index is 1590. The van der Waals surface area contributed by atoms with Crippen molar-refractivity contribution in [1.82, 2.24) is 25.1 Å². The molecule has 0 aliphatic carbocycles. The van der Waals surface area contributed by atoms with E-state index in [0.717, 1.165) is 23.9 Å². The molecule has 43 heavy (non-hydrogen) atoms. The van der Waals surface area contributed by atoms with E-state index in [4.69, 9.17) is 18.9 Å². The molecule has 2 N–H and O–H groups in total. The van der Waals surface area contributed by atoms with E-state index in [1.807, 2.05) is 36.2 Å². The lowest BCUT2D eigenvalue weighted by atomic mass is 10.1. The number of carbonyl (C=O) groups is 1. The number of rotatable bonds is 5. The summed E-state index contributed by atoms with van der Waals surface area (Å²) in [5.41, 5.74) is 2.31. The van der Waals surface area contributed by atoms with Gasteiger partial charge in [0.15, 0.2) is 32.8 Å². The van der Waals surface area contributed by atoms with Crippen LogP contribution < -0.4 is 29.6 Å². The van der Waals surface area contributed by atoms with E-state index in [0.29, 0.717) is 85.8 Å². The van der Waals surface area contributed by atoms with Crippen LogP contribution in [0.1, 0.15) is 18.4 Å². The zero-order valence-corrected chi connectivity index (χ0v) is 25.0. The Hall–Kier alpha value is -3.88. The standard InChI is InChI=1S/C29H36N6O7S/c1-34-16-20-4-5-23-28(42-19-41-23)27(20)33-29-21-14-24(39-10-2-6-30-26(36)17-34)25(15-22(21)31-18-32-29)40-11-3-7-35-8-12-43(37,38)13-9-35/h4-5,14-15,18H,2-3,6-13,16-17,19H2,1H3,(H,30,36)(H,31,32,33). The molecule has 3 aliphatic rings. The van der Waals surface area contributed by atoms with Crippen molar-refractivity contribution in [2.24, 2.45) is 0 Å². The molecule has 0 spiro atoms. The Balaban J connectivity index is 1.27. The number of benzene rings is 2. The van der Waals surface area contributed by atoms with E-state index in [9.17, 15) is 13.2 Å². The van der Waals surface area contributed by atoms with Crippen LogP contribution in [0.5, 0.6) is 23.0 Å². The van der Waals surface area contributed by atoms with Crippen molar-refractivity contribution in [2.45, 2.75) is 19.4 Å². The number of nitrogens with one attached hydrogen (secondary N) is 2. The van der Waals surface area contributed by atoms with Crippen LogP contribution in [0.4, 0.5) is 11.5 Å². The first kappa shape index (κ1) is 29.2. The van der Waals surface area contributed by atoms with Crippen molar-refractivity contribution >= 4 is 38.2 Å². The second-order valence-electron chi connectivity index (χ2n) is 10.9. The molecule has 13 nitrogen and oxygen atoms in total. The van der Waals surface area contributed by atoms with Gasteiger partial charge in [0.1, 0.15) is 12.1 Å². The van der Waals surface area contributed by atoms with E-state index in [1.54, 1.807) is 0 Å². The second kappa shape index (κ2) is 12.8. The molecule has 3 aromatic rings. The zero-order valence-electron chi connectivity index (χ0n) is 24.1. The number of carbonyl (C=O) groups excluding carboxylic acids is 1. The van der Waals surface area contributed by atoms with Crippen LogP contribution in [0, 0.1) is 0 Å². The number of amides is 1. The fourth-order valence-corrected chi connectivity index (χ4v) is 6.64. The molecule has 1 aromatic heterocycles. The van der Waals surface area contributed by atoms with Crippen LogP contribution in [0.3, 0.4) is 0 Å². The van der Waals surface area contributed by atoms with Crippen molar-refractivity contribution in [3.63, 3.8) is 0 Å². The number of hydrogen-bond donors (Lipinski definition) is 2. The molecule has 14 heteroatoms. The number of aromatic nitrogens is 2. The largest absolute Gasteiger partial charge is 0.490 e. The van der Waals surface area contributed by atoms with Gasteiger partial charge in [0.2, 0.25) is 12.7 Å². The summed E-state index contributed by atoms with van der Waals surface area (Å²) in [6.45, 7) is 3.98. The third kappa shape index (κ3) is 7.03. The number of anilines is 2. The first-order chi connectivity index (χ1) is 20.8. The number of ether oxygens (including phenoxy) is 4. The summed E-state index contributed by atoms with van der Waals surface area (Å²) in [6, 6.07) is 7.55. The van der Waals surface area contributed by atoms with Gasteiger partial charge in [0.05, 0.1) is 42.5 Å². The highest BCUT2D eigenvalue weighted by Crippen LogP contribution is 2.44. The van der Waals surface area contributed by atoms with Gasteiger partial charge in [0.25, 0.3) is 0 Å². The molecule has 0 unspecified atom stereocenters. The third-order valence-corrected chi connectivity index (χ3v) is 9.25. The highest BCUT2D eigenvalue weighted by atomic mass is 32.2. The highest BCUT2D eigenvalue weighted by Gasteiger charge is 2.24. The number of fused-ring (bicyclic) bond motifs is 4. The lowest BCUT2D eigenvalue weighted by Gasteiger charge is -2.26. The highest BCUT2D eigenvalue weighted by molar-refractivity contribution is 7.91. The first-order valence-corrected chi connectivity index (χ1v) is 16.3. The second-order valence-corrected chi connectivity index (χ2v) is 13.2. The minimum absolute atomic E-state index is 0.0697. The number of sulfone groups is 1. The van der Waals surface area contributed by atoms with Gasteiger partial charge in [-0.2, -0.15) is 0 Å². The van der Waals surface area contributed by atoms with Gasteiger partial charge >= 0.3 is 0 Å². The van der Waals surface area contributed by atoms with E-state index in [2.05, 4.69) is 25.5 Å². The lowest BCUT2D eigenvalue weighted by molar-refractivity contribution is -0.122. The smallest absolute Gasteiger partial charge is 0.234 e. The summed E-state index contributed by atoms with van der Waals surface area (Å²) in [6.07, 6.45) is 2.85. The van der Waals surface area contributed by atoms with E-state index in [1.165, 1.54) is 6.33 Å². The van der Waals surface area contributed by atoms with Crippen LogP contribution in [0.15, 0.2) is 30.6 Å². The predicted octanol–water partition coefficient (Wildman–Crippen LogP) is 1.93. The van der Waals surface area contributed by atoms with Gasteiger partial charge in [-0.05, 0) is 37.6 Å². The minimum atomic E-state index is -2.91. The molecule has 3 aliphatic heterocycles. The molecule has 2 aromatic carbocycles. The van der Waals surface area contributed by atoms with Gasteiger partial charge in [-0.1, -0.05) is 6.07 Å². The summed E-state index contributed by atoms with van der Waals surface area (Å²) in [7, 11) is -1.01. The fourth-order valence-electron chi connectivity index (χ4n) is 5.36. The average molecular weight is 613 g/mol. The summed E-state index contributed by atoms with van der Waals surface area (Å²) in [5, 5.41) is 7.17. The van der Waals surface area contributed by atoms with Crippen molar-refractivity contribution in [2.75, 3.05) is 76.6 Å². The SMILES string of the molecule is CN1CC(=O)NCCCOc2cc3c(ncnc3cc2OCCCN2CCS(=O)(=O)CC2)Nc2c(ccc3c2OCO3)C1. The van der Waals surface area contributed by atoms with Crippen molar-refractivity contribution in [3.05, 3.63) is 36.2 Å². The predicted molar refractivity (Wildman–Crippen MR) is 160 cm³/mol. The Kier molecular flexibility index (Phi) is 8.68. The fraction of sp³-hybridized carbons (Fsp3) is 0.483. The molecule has 6 rings (SSSR count). The van der Waals surface area contributed by atoms with E-state index < -0.39 is 9.84 Å². The first-order valence-electron chi connectivity index (χ1n) is 14.5. The van der Waals surface area contributed by atoms with Gasteiger partial charge in [-0.3, -0.25) is 9.69 Å². The summed E-state index contributed by atoms with van der Waals surface area (Å²) < 4.78 is 47.3. The Labute approximate surface area is 250 Å². The Morgan fingerprint density at radius 2 is 1.91 bits per heavy atom. The van der Waals surface area contributed by atoms with Crippen LogP contribution >= 0.6 is 0 Å². The third-order valence-electron chi connectivity index (χ3n) is 7.64. The molecule has 1 fully saturated rings. The maximum atomic E-state index is 12.6. The Morgan fingerprint density at radius 3 is 2.77 bits per heavy atom. The van der Waals surface area contributed by atoms with Crippen molar-refractivity contribution < 1.29 is 32.2 Å². The molecule has 230 valence electrons. The topological polar surface area (TPSA) is 144 Å². The van der Waals surface area contributed by atoms with Crippen LogP contribution in [-0.4, -0.2) is 105 Å². The summed E-state index contributed by atoms with van der Waals surface area (Å²) >= 11 is 0. The summed E-state index contributed by atoms with van der Waals surface area (Å²) in [4.78, 5) is 25.7. The number of likely N-dealkylation sites (N-methyl/N-ethyl adjacent to an activating group) is 1. The maximum absolute atomic E-state index is 12.6. The number of nitrogens with zero attached hydrogens (tertiary/aromatic N) is 4. The van der Waals surface area contributed by atoms with Gasteiger partial charge in [-0.25, -0.2) is 18.4 Å². The Morgan fingerprint density at radius 1 is 1.05 bits per heavy atom. The zero-order chi connectivity index (χ0) is 29.8. The molecule has 0 saturated carbocycles. The monoisotopic (exact) mass is 612 g/mol. The van der Waals surface area contributed by atoms with Crippen LogP contribution in [0.2, 0.25) is 0 Å². The van der Waals surface area contributed by atoms with Crippen LogP contribution in [-0.2, 0) is 21.2 Å². The molecule has 4 heterocycles. The maximum Gasteiger partial charge on any atom is 0.234 e. The van der Waals surface area contributed by atoms with Gasteiger partial charge < -0.3 is 34.5 Å². The molecule has 2 bridgehead atoms. The molecular weight excluding hydrogens is 576 g/mol. The minimum Gasteiger partial charge on any atom is -0.490 e. The van der Waals surface area contributed by atoms with Gasteiger partial charge in [-0.15, -0.1) is 0 Å². The molecular formula is C29H36N6O7S. The van der Waals surface area contributed by atoms with Crippen molar-refractivity contribution in [3.8, 4) is 23.0 Å². The van der Waals surface area contributed by atoms with Crippen LogP contribution in [0.25, 0.3) is 10.9 Å². The molecule has 0 radical (unpaired) electrons. The summed E-state index contributed by atoms with van der Waals surface area (Å²) in [5.74, 6) is 3.23. The normalized spacial score (nSPS) is 19.3. The van der Waals surface area contributed by atoms with E-state index >= 15 is 0 Å². The number of hydrogen-bond acceptors (Lipinski definition) is 12. The lowest BCUT2D eigenvalue weighted by Crippen LogP contribution is -2.40.